The third kappa shape index (κ3) is 3.36. The minimum Gasteiger partial charge on any atom is -0.479 e. The van der Waals surface area contributed by atoms with Gasteiger partial charge in [-0.25, -0.2) is 9.78 Å². The van der Waals surface area contributed by atoms with Crippen LogP contribution in [0.5, 0.6) is 0 Å². The minimum absolute atomic E-state index is 0.268. The maximum atomic E-state index is 12.1. The number of hydrogen-bond donors (Lipinski definition) is 2. The molecule has 140 valence electrons. The van der Waals surface area contributed by atoms with E-state index in [4.69, 9.17) is 0 Å². The molecular formula is C18H26N6O2. The summed E-state index contributed by atoms with van der Waals surface area (Å²) >= 11 is 0. The summed E-state index contributed by atoms with van der Waals surface area (Å²) in [5, 5.41) is 17.7. The molecule has 0 atom stereocenters. The van der Waals surface area contributed by atoms with Gasteiger partial charge in [0.05, 0.1) is 5.69 Å². The molecule has 0 unspecified atom stereocenters. The SMILES string of the molecule is CCNc1ccnc(N2CCC(C(=O)O)(n3ccc(C(C)C)n3)CC2)n1. The van der Waals surface area contributed by atoms with Crippen LogP contribution in [0.4, 0.5) is 11.8 Å². The van der Waals surface area contributed by atoms with Gasteiger partial charge in [0.25, 0.3) is 0 Å². The molecule has 8 nitrogen and oxygen atoms in total. The normalized spacial score (nSPS) is 16.7. The van der Waals surface area contributed by atoms with Gasteiger partial charge in [-0.1, -0.05) is 13.8 Å². The summed E-state index contributed by atoms with van der Waals surface area (Å²) in [4.78, 5) is 23.0. The van der Waals surface area contributed by atoms with Crippen LogP contribution in [0, 0.1) is 0 Å². The number of piperidine rings is 1. The molecule has 0 aromatic carbocycles. The fourth-order valence-electron chi connectivity index (χ4n) is 3.28. The molecule has 2 aromatic rings. The van der Waals surface area contributed by atoms with Gasteiger partial charge in [-0.3, -0.25) is 4.68 Å². The van der Waals surface area contributed by atoms with Crippen molar-refractivity contribution in [2.45, 2.75) is 45.1 Å². The molecule has 2 aromatic heterocycles. The Hall–Kier alpha value is -2.64. The monoisotopic (exact) mass is 358 g/mol. The van der Waals surface area contributed by atoms with E-state index in [0.717, 1.165) is 18.1 Å². The first-order valence-electron chi connectivity index (χ1n) is 9.07. The van der Waals surface area contributed by atoms with E-state index >= 15 is 0 Å². The average Bonchev–Trinajstić information content (AvgIpc) is 3.13. The van der Waals surface area contributed by atoms with Gasteiger partial charge < -0.3 is 15.3 Å². The molecule has 0 aliphatic carbocycles. The van der Waals surface area contributed by atoms with Gasteiger partial charge in [-0.15, -0.1) is 0 Å². The molecule has 0 spiro atoms. The topological polar surface area (TPSA) is 96.2 Å². The Morgan fingerprint density at radius 2 is 2.08 bits per heavy atom. The Balaban J connectivity index is 1.79. The lowest BCUT2D eigenvalue weighted by Crippen LogP contribution is -2.51. The van der Waals surface area contributed by atoms with Crippen molar-refractivity contribution in [2.75, 3.05) is 29.9 Å². The lowest BCUT2D eigenvalue weighted by Gasteiger charge is -2.39. The molecule has 3 heterocycles. The van der Waals surface area contributed by atoms with Crippen molar-refractivity contribution in [3.8, 4) is 0 Å². The molecule has 3 rings (SSSR count). The summed E-state index contributed by atoms with van der Waals surface area (Å²) in [5.41, 5.74) is -0.0992. The summed E-state index contributed by atoms with van der Waals surface area (Å²) in [6.07, 6.45) is 4.43. The minimum atomic E-state index is -1.01. The molecule has 0 radical (unpaired) electrons. The predicted octanol–water partition coefficient (Wildman–Crippen LogP) is 2.31. The lowest BCUT2D eigenvalue weighted by atomic mass is 9.88. The van der Waals surface area contributed by atoms with Crippen molar-refractivity contribution in [1.29, 1.82) is 0 Å². The molecule has 26 heavy (non-hydrogen) atoms. The highest BCUT2D eigenvalue weighted by Crippen LogP contribution is 2.32. The first-order valence-corrected chi connectivity index (χ1v) is 9.07. The first kappa shape index (κ1) is 18.2. The van der Waals surface area contributed by atoms with Crippen LogP contribution in [0.2, 0.25) is 0 Å². The number of carboxylic acids is 1. The summed E-state index contributed by atoms with van der Waals surface area (Å²) < 4.78 is 1.64. The van der Waals surface area contributed by atoms with E-state index < -0.39 is 11.5 Å². The number of nitrogens with one attached hydrogen (secondary N) is 1. The zero-order chi connectivity index (χ0) is 18.7. The number of carbonyl (C=O) groups is 1. The smallest absolute Gasteiger partial charge is 0.331 e. The molecular weight excluding hydrogens is 332 g/mol. The third-order valence-electron chi connectivity index (χ3n) is 4.91. The molecule has 0 bridgehead atoms. The maximum Gasteiger partial charge on any atom is 0.331 e. The number of rotatable bonds is 6. The van der Waals surface area contributed by atoms with Crippen LogP contribution in [0.3, 0.4) is 0 Å². The largest absolute Gasteiger partial charge is 0.479 e. The second-order valence-corrected chi connectivity index (χ2v) is 6.94. The highest BCUT2D eigenvalue weighted by Gasteiger charge is 2.44. The Labute approximate surface area is 153 Å². The van der Waals surface area contributed by atoms with Crippen LogP contribution in [-0.4, -0.2) is 50.5 Å². The van der Waals surface area contributed by atoms with Crippen molar-refractivity contribution in [3.63, 3.8) is 0 Å². The first-order chi connectivity index (χ1) is 12.5. The molecule has 2 N–H and O–H groups in total. The quantitative estimate of drug-likeness (QED) is 0.818. The van der Waals surface area contributed by atoms with Crippen molar-refractivity contribution >= 4 is 17.7 Å². The molecule has 1 fully saturated rings. The van der Waals surface area contributed by atoms with Gasteiger partial charge in [-0.05, 0) is 25.0 Å². The van der Waals surface area contributed by atoms with Crippen molar-refractivity contribution < 1.29 is 9.90 Å². The Morgan fingerprint density at radius 3 is 2.65 bits per heavy atom. The molecule has 0 saturated carbocycles. The predicted molar refractivity (Wildman–Crippen MR) is 99.6 cm³/mol. The van der Waals surface area contributed by atoms with Gasteiger partial charge in [0.2, 0.25) is 5.95 Å². The lowest BCUT2D eigenvalue weighted by molar-refractivity contribution is -0.149. The molecule has 1 aliphatic heterocycles. The van der Waals surface area contributed by atoms with Crippen molar-refractivity contribution in [2.24, 2.45) is 0 Å². The Bertz CT molecular complexity index is 765. The van der Waals surface area contributed by atoms with Crippen LogP contribution in [0.25, 0.3) is 0 Å². The second kappa shape index (κ2) is 7.31. The summed E-state index contributed by atoms with van der Waals surface area (Å²) in [6, 6.07) is 3.74. The number of carboxylic acid groups (broad SMARTS) is 1. The summed E-state index contributed by atoms with van der Waals surface area (Å²) in [5.74, 6) is 0.842. The van der Waals surface area contributed by atoms with E-state index in [1.54, 1.807) is 17.1 Å². The number of hydrogen-bond acceptors (Lipinski definition) is 6. The standard InChI is InChI=1S/C18H26N6O2/c1-4-19-15-5-9-20-17(21-15)23-11-7-18(8-12-23,16(25)26)24-10-6-14(22-24)13(2)3/h5-6,9-10,13H,4,7-8,11-12H2,1-3H3,(H,25,26)(H,19,20,21). The molecule has 1 saturated heterocycles. The van der Waals surface area contributed by atoms with E-state index in [9.17, 15) is 9.90 Å². The molecule has 1 aliphatic rings. The van der Waals surface area contributed by atoms with Crippen LogP contribution in [-0.2, 0) is 10.3 Å². The number of nitrogens with zero attached hydrogens (tertiary/aromatic N) is 5. The van der Waals surface area contributed by atoms with Crippen LogP contribution in [0.15, 0.2) is 24.5 Å². The van der Waals surface area contributed by atoms with Gasteiger partial charge in [0, 0.05) is 44.9 Å². The van der Waals surface area contributed by atoms with Crippen LogP contribution in [0.1, 0.15) is 45.2 Å². The zero-order valence-corrected chi connectivity index (χ0v) is 15.5. The van der Waals surface area contributed by atoms with Crippen LogP contribution < -0.4 is 10.2 Å². The Morgan fingerprint density at radius 1 is 1.35 bits per heavy atom. The van der Waals surface area contributed by atoms with E-state index in [1.807, 2.05) is 24.0 Å². The third-order valence-corrected chi connectivity index (χ3v) is 4.91. The maximum absolute atomic E-state index is 12.1. The summed E-state index contributed by atoms with van der Waals surface area (Å²) in [6.45, 7) is 8.04. The fourth-order valence-corrected chi connectivity index (χ4v) is 3.28. The molecule has 8 heteroatoms. The van der Waals surface area contributed by atoms with Crippen molar-refractivity contribution in [3.05, 3.63) is 30.2 Å². The van der Waals surface area contributed by atoms with E-state index in [0.29, 0.717) is 31.9 Å². The van der Waals surface area contributed by atoms with Gasteiger partial charge in [0.1, 0.15) is 5.82 Å². The van der Waals surface area contributed by atoms with E-state index in [-0.39, 0.29) is 5.92 Å². The van der Waals surface area contributed by atoms with Gasteiger partial charge in [-0.2, -0.15) is 10.1 Å². The number of anilines is 2. The van der Waals surface area contributed by atoms with E-state index in [2.05, 4.69) is 34.2 Å². The second-order valence-electron chi connectivity index (χ2n) is 6.94. The van der Waals surface area contributed by atoms with Gasteiger partial charge >= 0.3 is 5.97 Å². The highest BCUT2D eigenvalue weighted by molar-refractivity contribution is 5.77. The van der Waals surface area contributed by atoms with E-state index in [1.165, 1.54) is 0 Å². The fraction of sp³-hybridized carbons (Fsp3) is 0.556. The van der Waals surface area contributed by atoms with Crippen LogP contribution >= 0.6 is 0 Å². The Kier molecular flexibility index (Phi) is 5.11. The molecule has 0 amide bonds. The van der Waals surface area contributed by atoms with Crippen molar-refractivity contribution in [1.82, 2.24) is 19.7 Å². The van der Waals surface area contributed by atoms with Gasteiger partial charge in [0.15, 0.2) is 5.54 Å². The zero-order valence-electron chi connectivity index (χ0n) is 15.5. The summed E-state index contributed by atoms with van der Waals surface area (Å²) in [7, 11) is 0. The number of aliphatic carboxylic acids is 1. The highest BCUT2D eigenvalue weighted by atomic mass is 16.4. The number of aromatic nitrogens is 4. The average molecular weight is 358 g/mol.